The molecule has 38 heavy (non-hydrogen) atoms. The van der Waals surface area contributed by atoms with E-state index in [0.29, 0.717) is 34.0 Å². The van der Waals surface area contributed by atoms with E-state index < -0.39 is 30.2 Å². The van der Waals surface area contributed by atoms with Crippen LogP contribution in [0.25, 0.3) is 22.3 Å². The van der Waals surface area contributed by atoms with Gasteiger partial charge in [-0.15, -0.1) is 11.8 Å². The number of pyridine rings is 2. The maximum absolute atomic E-state index is 14.1. The standard InChI is InChI=1S/C26H24F3N7OS/c1-38-19-9-16(8-17(27)10-19)24(37)33-13-18-11-22-15(12-32-18)2-3-20(34-22)21-4-6-31-25(35-21)36-7-5-23(30)26(28,29)14-36/h2-4,6,8-12,23H,5,7,13-14,30H2,1H3,(H,33,37). The lowest BCUT2D eigenvalue weighted by molar-refractivity contribution is -0.0303. The number of halogens is 3. The van der Waals surface area contributed by atoms with Crippen LogP contribution in [0.5, 0.6) is 0 Å². The van der Waals surface area contributed by atoms with Crippen molar-refractivity contribution in [1.29, 1.82) is 0 Å². The number of fused-ring (bicyclic) bond motifs is 1. The van der Waals surface area contributed by atoms with Crippen molar-refractivity contribution in [3.63, 3.8) is 0 Å². The first-order chi connectivity index (χ1) is 18.2. The highest BCUT2D eigenvalue weighted by Gasteiger charge is 2.43. The van der Waals surface area contributed by atoms with Gasteiger partial charge in [0.15, 0.2) is 0 Å². The van der Waals surface area contributed by atoms with Crippen molar-refractivity contribution in [2.24, 2.45) is 5.73 Å². The van der Waals surface area contributed by atoms with Gasteiger partial charge in [0, 0.05) is 34.8 Å². The molecule has 8 nitrogen and oxygen atoms in total. The molecule has 0 aliphatic carbocycles. The Hall–Kier alpha value is -3.77. The van der Waals surface area contributed by atoms with Gasteiger partial charge in [-0.25, -0.2) is 28.1 Å². The van der Waals surface area contributed by atoms with Gasteiger partial charge in [-0.1, -0.05) is 0 Å². The second kappa shape index (κ2) is 10.5. The Morgan fingerprint density at radius 3 is 2.76 bits per heavy atom. The minimum absolute atomic E-state index is 0.120. The number of carbonyl (C=O) groups excluding carboxylic acids is 1. The molecule has 5 rings (SSSR count). The molecule has 1 amide bonds. The summed E-state index contributed by atoms with van der Waals surface area (Å²) in [6, 6.07) is 10.0. The molecule has 1 aliphatic rings. The molecule has 0 spiro atoms. The van der Waals surface area contributed by atoms with Gasteiger partial charge in [0.2, 0.25) is 5.95 Å². The first kappa shape index (κ1) is 25.9. The van der Waals surface area contributed by atoms with Crippen LogP contribution in [-0.4, -0.2) is 57.2 Å². The van der Waals surface area contributed by atoms with Crippen LogP contribution in [0.4, 0.5) is 19.1 Å². The number of benzene rings is 1. The predicted molar refractivity (Wildman–Crippen MR) is 140 cm³/mol. The smallest absolute Gasteiger partial charge is 0.280 e. The fraction of sp³-hybridized carbons (Fsp3) is 0.269. The molecule has 1 atom stereocenters. The van der Waals surface area contributed by atoms with E-state index in [1.807, 2.05) is 6.07 Å². The van der Waals surface area contributed by atoms with E-state index in [2.05, 4.69) is 25.3 Å². The van der Waals surface area contributed by atoms with E-state index in [1.165, 1.54) is 35.0 Å². The Bertz CT molecular complexity index is 1500. The number of amides is 1. The number of anilines is 1. The Balaban J connectivity index is 1.34. The number of hydrogen-bond acceptors (Lipinski definition) is 8. The van der Waals surface area contributed by atoms with Gasteiger partial charge < -0.3 is 16.0 Å². The monoisotopic (exact) mass is 539 g/mol. The van der Waals surface area contributed by atoms with E-state index in [1.54, 1.807) is 36.7 Å². The van der Waals surface area contributed by atoms with Crippen molar-refractivity contribution in [3.05, 3.63) is 71.9 Å². The number of rotatable bonds is 6. The Morgan fingerprint density at radius 1 is 1.16 bits per heavy atom. The number of alkyl halides is 2. The highest BCUT2D eigenvalue weighted by Crippen LogP contribution is 2.29. The highest BCUT2D eigenvalue weighted by molar-refractivity contribution is 7.98. The van der Waals surface area contributed by atoms with Crippen LogP contribution in [0, 0.1) is 5.82 Å². The second-order valence-corrected chi connectivity index (χ2v) is 9.83. The number of carbonyl (C=O) groups is 1. The van der Waals surface area contributed by atoms with Gasteiger partial charge >= 0.3 is 0 Å². The lowest BCUT2D eigenvalue weighted by atomic mass is 10.0. The molecule has 196 valence electrons. The number of nitrogens with zero attached hydrogens (tertiary/aromatic N) is 5. The summed E-state index contributed by atoms with van der Waals surface area (Å²) in [5.41, 5.74) is 7.98. The summed E-state index contributed by atoms with van der Waals surface area (Å²) in [5, 5.41) is 3.53. The van der Waals surface area contributed by atoms with Crippen LogP contribution in [0.15, 0.2) is 59.8 Å². The molecule has 1 aliphatic heterocycles. The Labute approximate surface area is 220 Å². The topological polar surface area (TPSA) is 110 Å². The SMILES string of the molecule is CSc1cc(F)cc(C(=O)NCc2cc3nc(-c4ccnc(N5CCC(N)C(F)(F)C5)n4)ccc3cn2)c1. The molecule has 1 fully saturated rings. The number of nitrogens with two attached hydrogens (primary N) is 1. The quantitative estimate of drug-likeness (QED) is 0.353. The number of piperidine rings is 1. The summed E-state index contributed by atoms with van der Waals surface area (Å²) in [4.78, 5) is 32.3. The lowest BCUT2D eigenvalue weighted by Gasteiger charge is -2.36. The number of nitrogens with one attached hydrogen (secondary N) is 1. The van der Waals surface area contributed by atoms with E-state index in [-0.39, 0.29) is 24.5 Å². The Kier molecular flexibility index (Phi) is 7.17. The van der Waals surface area contributed by atoms with Gasteiger partial charge in [-0.3, -0.25) is 9.78 Å². The normalized spacial score (nSPS) is 17.0. The molecule has 1 unspecified atom stereocenters. The van der Waals surface area contributed by atoms with Crippen molar-refractivity contribution in [2.75, 3.05) is 24.2 Å². The summed E-state index contributed by atoms with van der Waals surface area (Å²) < 4.78 is 42.1. The third-order valence-corrected chi connectivity index (χ3v) is 6.98. The fourth-order valence-electron chi connectivity index (χ4n) is 4.15. The second-order valence-electron chi connectivity index (χ2n) is 8.95. The van der Waals surface area contributed by atoms with E-state index in [0.717, 1.165) is 5.39 Å². The highest BCUT2D eigenvalue weighted by atomic mass is 32.2. The minimum atomic E-state index is -3.02. The maximum atomic E-state index is 14.1. The third kappa shape index (κ3) is 5.55. The van der Waals surface area contributed by atoms with Gasteiger partial charge in [-0.05, 0) is 55.1 Å². The van der Waals surface area contributed by atoms with Crippen molar-refractivity contribution in [2.45, 2.75) is 29.8 Å². The van der Waals surface area contributed by atoms with Crippen LogP contribution >= 0.6 is 11.8 Å². The molecule has 4 aromatic rings. The van der Waals surface area contributed by atoms with Crippen molar-refractivity contribution < 1.29 is 18.0 Å². The summed E-state index contributed by atoms with van der Waals surface area (Å²) in [6.07, 6.45) is 5.10. The molecule has 3 aromatic heterocycles. The fourth-order valence-corrected chi connectivity index (χ4v) is 4.63. The minimum Gasteiger partial charge on any atom is -0.346 e. The molecule has 12 heteroatoms. The van der Waals surface area contributed by atoms with Gasteiger partial charge in [0.05, 0.1) is 41.7 Å². The summed E-state index contributed by atoms with van der Waals surface area (Å²) in [7, 11) is 0. The zero-order chi connectivity index (χ0) is 26.9. The van der Waals surface area contributed by atoms with E-state index in [4.69, 9.17) is 5.73 Å². The van der Waals surface area contributed by atoms with Crippen LogP contribution in [0.2, 0.25) is 0 Å². The molecule has 0 saturated carbocycles. The molecular formula is C26H24F3N7OS. The predicted octanol–water partition coefficient (Wildman–Crippen LogP) is 4.05. The number of aromatic nitrogens is 4. The zero-order valence-corrected chi connectivity index (χ0v) is 21.2. The van der Waals surface area contributed by atoms with Gasteiger partial charge in [-0.2, -0.15) is 0 Å². The maximum Gasteiger partial charge on any atom is 0.280 e. The van der Waals surface area contributed by atoms with Gasteiger partial charge in [0.1, 0.15) is 5.82 Å². The molecule has 3 N–H and O–H groups in total. The molecule has 0 bridgehead atoms. The van der Waals surface area contributed by atoms with E-state index >= 15 is 0 Å². The Morgan fingerprint density at radius 2 is 1.97 bits per heavy atom. The van der Waals surface area contributed by atoms with E-state index in [9.17, 15) is 18.0 Å². The molecule has 0 radical (unpaired) electrons. The third-order valence-electron chi connectivity index (χ3n) is 6.27. The van der Waals surface area contributed by atoms with Crippen LogP contribution < -0.4 is 16.0 Å². The average molecular weight is 540 g/mol. The summed E-state index contributed by atoms with van der Waals surface area (Å²) in [6.45, 7) is -0.0905. The largest absolute Gasteiger partial charge is 0.346 e. The van der Waals surface area contributed by atoms with Gasteiger partial charge in [0.25, 0.3) is 11.8 Å². The number of thioether (sulfide) groups is 1. The molecule has 4 heterocycles. The van der Waals surface area contributed by atoms with Crippen LogP contribution in [0.3, 0.4) is 0 Å². The molecular weight excluding hydrogens is 515 g/mol. The lowest BCUT2D eigenvalue weighted by Crippen LogP contribution is -2.55. The summed E-state index contributed by atoms with van der Waals surface area (Å²) >= 11 is 1.35. The number of hydrogen-bond donors (Lipinski definition) is 2. The first-order valence-electron chi connectivity index (χ1n) is 11.8. The van der Waals surface area contributed by atoms with Crippen molar-refractivity contribution in [1.82, 2.24) is 25.3 Å². The average Bonchev–Trinajstić information content (AvgIpc) is 2.92. The molecule has 1 saturated heterocycles. The van der Waals surface area contributed by atoms with Crippen LogP contribution in [0.1, 0.15) is 22.5 Å². The molecule has 1 aromatic carbocycles. The summed E-state index contributed by atoms with van der Waals surface area (Å²) in [5.74, 6) is -3.73. The van der Waals surface area contributed by atoms with Crippen LogP contribution in [-0.2, 0) is 6.54 Å². The van der Waals surface area contributed by atoms with Crippen molar-refractivity contribution in [3.8, 4) is 11.4 Å². The first-order valence-corrected chi connectivity index (χ1v) is 13.0. The van der Waals surface area contributed by atoms with Crippen molar-refractivity contribution >= 4 is 34.5 Å². The zero-order valence-electron chi connectivity index (χ0n) is 20.4.